The third-order valence-electron chi connectivity index (χ3n) is 2.01. The van der Waals surface area contributed by atoms with Crippen LogP contribution in [0.3, 0.4) is 0 Å². The number of unbranched alkanes of at least 4 members (excludes halogenated alkanes) is 1. The highest BCUT2D eigenvalue weighted by Gasteiger charge is 2.10. The van der Waals surface area contributed by atoms with Gasteiger partial charge in [0.2, 0.25) is 6.29 Å². The molecule has 0 radical (unpaired) electrons. The highest BCUT2D eigenvalue weighted by molar-refractivity contribution is 7.11. The van der Waals surface area contributed by atoms with Gasteiger partial charge in [0.15, 0.2) is 11.4 Å². The van der Waals surface area contributed by atoms with Gasteiger partial charge in [-0.05, 0) is 37.8 Å². The normalized spacial score (nSPS) is 14.7. The lowest BCUT2D eigenvalue weighted by molar-refractivity contribution is -0.203. The van der Waals surface area contributed by atoms with Crippen LogP contribution in [-0.2, 0) is 9.47 Å². The van der Waals surface area contributed by atoms with Gasteiger partial charge in [0.05, 0.1) is 0 Å². The first-order valence-electron chi connectivity index (χ1n) is 5.69. The number of hydrogen-bond donors (Lipinski definition) is 0. The minimum absolute atomic E-state index is 0.221. The minimum atomic E-state index is -0.282. The Morgan fingerprint density at radius 3 is 2.75 bits per heavy atom. The molecule has 16 heavy (non-hydrogen) atoms. The Bertz CT molecular complexity index is 261. The zero-order valence-corrected chi connectivity index (χ0v) is 11.0. The van der Waals surface area contributed by atoms with Crippen molar-refractivity contribution < 1.29 is 14.2 Å². The van der Waals surface area contributed by atoms with Crippen LogP contribution in [-0.4, -0.2) is 19.2 Å². The molecule has 0 amide bonds. The quantitative estimate of drug-likeness (QED) is 0.516. The highest BCUT2D eigenvalue weighted by atomic mass is 32.1. The summed E-state index contributed by atoms with van der Waals surface area (Å²) in [5.74, 6) is 0. The summed E-state index contributed by atoms with van der Waals surface area (Å²) in [4.78, 5) is 0. The molecule has 0 fully saturated rings. The lowest BCUT2D eigenvalue weighted by Gasteiger charge is -2.19. The summed E-state index contributed by atoms with van der Waals surface area (Å²) in [6.45, 7) is 6.64. The second-order valence-corrected chi connectivity index (χ2v) is 4.46. The van der Waals surface area contributed by atoms with Crippen LogP contribution < -0.4 is 4.74 Å². The van der Waals surface area contributed by atoms with E-state index < -0.39 is 0 Å². The maximum Gasteiger partial charge on any atom is 0.200 e. The molecule has 0 N–H and O–H groups in total. The molecule has 0 aromatic carbocycles. The summed E-state index contributed by atoms with van der Waals surface area (Å²) >= 11 is 1.56. The molecule has 0 saturated carbocycles. The molecule has 0 spiro atoms. The van der Waals surface area contributed by atoms with Crippen LogP contribution in [0.1, 0.15) is 33.6 Å². The second kappa shape index (κ2) is 7.65. The van der Waals surface area contributed by atoms with Gasteiger partial charge < -0.3 is 14.2 Å². The standard InChI is InChI=1S/C12H20O3S/c1-4-5-8-13-10(2)14-11(3)15-12-7-6-9-16-12/h6-7,9-11H,4-5,8H2,1-3H3. The molecule has 0 bridgehead atoms. The molecule has 1 heterocycles. The van der Waals surface area contributed by atoms with Gasteiger partial charge in [0.1, 0.15) is 0 Å². The van der Waals surface area contributed by atoms with E-state index in [4.69, 9.17) is 14.2 Å². The van der Waals surface area contributed by atoms with E-state index in [0.29, 0.717) is 0 Å². The van der Waals surface area contributed by atoms with Crippen molar-refractivity contribution in [1.82, 2.24) is 0 Å². The number of ether oxygens (including phenoxy) is 3. The van der Waals surface area contributed by atoms with E-state index >= 15 is 0 Å². The van der Waals surface area contributed by atoms with Crippen molar-refractivity contribution in [1.29, 1.82) is 0 Å². The van der Waals surface area contributed by atoms with Crippen LogP contribution in [0.2, 0.25) is 0 Å². The minimum Gasteiger partial charge on any atom is -0.456 e. The van der Waals surface area contributed by atoms with E-state index in [1.54, 1.807) is 11.3 Å². The Hall–Kier alpha value is -0.580. The van der Waals surface area contributed by atoms with Gasteiger partial charge >= 0.3 is 0 Å². The van der Waals surface area contributed by atoms with E-state index in [1.807, 2.05) is 31.4 Å². The fraction of sp³-hybridized carbons (Fsp3) is 0.667. The third-order valence-corrected chi connectivity index (χ3v) is 2.77. The van der Waals surface area contributed by atoms with Crippen LogP contribution in [0.25, 0.3) is 0 Å². The largest absolute Gasteiger partial charge is 0.456 e. The Labute approximate surface area is 101 Å². The SMILES string of the molecule is CCCCOC(C)OC(C)Oc1cccs1. The molecule has 2 atom stereocenters. The molecular weight excluding hydrogens is 224 g/mol. The summed E-state index contributed by atoms with van der Waals surface area (Å²) < 4.78 is 16.6. The highest BCUT2D eigenvalue weighted by Crippen LogP contribution is 2.20. The molecule has 1 aromatic heterocycles. The first kappa shape index (κ1) is 13.5. The molecule has 0 aliphatic heterocycles. The maximum absolute atomic E-state index is 5.55. The van der Waals surface area contributed by atoms with Gasteiger partial charge in [0.25, 0.3) is 0 Å². The number of hydrogen-bond acceptors (Lipinski definition) is 4. The van der Waals surface area contributed by atoms with Crippen LogP contribution in [0, 0.1) is 0 Å². The fourth-order valence-electron chi connectivity index (χ4n) is 1.22. The molecule has 2 unspecified atom stereocenters. The smallest absolute Gasteiger partial charge is 0.200 e. The summed E-state index contributed by atoms with van der Waals surface area (Å²) in [5.41, 5.74) is 0. The van der Waals surface area contributed by atoms with E-state index in [9.17, 15) is 0 Å². The van der Waals surface area contributed by atoms with Crippen LogP contribution in [0.4, 0.5) is 0 Å². The molecular formula is C12H20O3S. The van der Waals surface area contributed by atoms with E-state index in [-0.39, 0.29) is 12.6 Å². The average molecular weight is 244 g/mol. The van der Waals surface area contributed by atoms with Crippen molar-refractivity contribution in [2.45, 2.75) is 46.2 Å². The molecule has 1 rings (SSSR count). The summed E-state index contributed by atoms with van der Waals surface area (Å²) in [6, 6.07) is 3.88. The van der Waals surface area contributed by atoms with Gasteiger partial charge in [-0.25, -0.2) is 0 Å². The van der Waals surface area contributed by atoms with E-state index in [1.165, 1.54) is 0 Å². The molecule has 3 nitrogen and oxygen atoms in total. The first-order chi connectivity index (χ1) is 7.72. The van der Waals surface area contributed by atoms with Gasteiger partial charge in [-0.1, -0.05) is 13.3 Å². The van der Waals surface area contributed by atoms with Crippen molar-refractivity contribution >= 4 is 11.3 Å². The zero-order valence-electron chi connectivity index (χ0n) is 10.1. The first-order valence-corrected chi connectivity index (χ1v) is 6.57. The second-order valence-electron chi connectivity index (χ2n) is 3.55. The number of rotatable bonds is 8. The Morgan fingerprint density at radius 1 is 1.31 bits per heavy atom. The van der Waals surface area contributed by atoms with Crippen molar-refractivity contribution in [2.24, 2.45) is 0 Å². The predicted molar refractivity (Wildman–Crippen MR) is 65.8 cm³/mol. The zero-order chi connectivity index (χ0) is 11.8. The molecule has 1 aromatic rings. The monoisotopic (exact) mass is 244 g/mol. The topological polar surface area (TPSA) is 27.7 Å². The summed E-state index contributed by atoms with van der Waals surface area (Å²) in [7, 11) is 0. The van der Waals surface area contributed by atoms with Crippen molar-refractivity contribution in [2.75, 3.05) is 6.61 Å². The molecule has 92 valence electrons. The van der Waals surface area contributed by atoms with Gasteiger partial charge in [-0.2, -0.15) is 0 Å². The Balaban J connectivity index is 2.15. The van der Waals surface area contributed by atoms with E-state index in [2.05, 4.69) is 6.92 Å². The van der Waals surface area contributed by atoms with Crippen LogP contribution in [0.5, 0.6) is 5.06 Å². The van der Waals surface area contributed by atoms with Crippen LogP contribution >= 0.6 is 11.3 Å². The molecule has 4 heteroatoms. The Kier molecular flexibility index (Phi) is 6.45. The third kappa shape index (κ3) is 5.49. The van der Waals surface area contributed by atoms with Gasteiger partial charge in [-0.3, -0.25) is 0 Å². The fourth-order valence-corrected chi connectivity index (χ4v) is 1.86. The van der Waals surface area contributed by atoms with Crippen molar-refractivity contribution in [3.63, 3.8) is 0 Å². The van der Waals surface area contributed by atoms with E-state index in [0.717, 1.165) is 24.5 Å². The average Bonchev–Trinajstić information content (AvgIpc) is 2.70. The number of thiophene rings is 1. The summed E-state index contributed by atoms with van der Waals surface area (Å²) in [6.07, 6.45) is 1.69. The molecule has 0 aliphatic rings. The Morgan fingerprint density at radius 2 is 2.12 bits per heavy atom. The van der Waals surface area contributed by atoms with Gasteiger partial charge in [-0.15, -0.1) is 11.3 Å². The summed E-state index contributed by atoms with van der Waals surface area (Å²) in [5, 5.41) is 2.84. The lowest BCUT2D eigenvalue weighted by Crippen LogP contribution is -2.24. The maximum atomic E-state index is 5.55. The lowest BCUT2D eigenvalue weighted by atomic mass is 10.4. The van der Waals surface area contributed by atoms with Gasteiger partial charge in [0, 0.05) is 6.61 Å². The predicted octanol–water partition coefficient (Wildman–Crippen LogP) is 3.65. The van der Waals surface area contributed by atoms with Crippen molar-refractivity contribution in [3.8, 4) is 5.06 Å². The van der Waals surface area contributed by atoms with Crippen LogP contribution in [0.15, 0.2) is 17.5 Å². The molecule has 0 saturated heterocycles. The molecule has 0 aliphatic carbocycles. The van der Waals surface area contributed by atoms with Crippen molar-refractivity contribution in [3.05, 3.63) is 17.5 Å².